The third-order valence-electron chi connectivity index (χ3n) is 1.80. The average molecular weight is 293 g/mol. The lowest BCUT2D eigenvalue weighted by Gasteiger charge is -2.11. The van der Waals surface area contributed by atoms with Gasteiger partial charge in [0.1, 0.15) is 10.7 Å². The predicted octanol–water partition coefficient (Wildman–Crippen LogP) is 2.29. The van der Waals surface area contributed by atoms with E-state index in [0.717, 1.165) is 0 Å². The lowest BCUT2D eigenvalue weighted by Crippen LogP contribution is -2.24. The van der Waals surface area contributed by atoms with Gasteiger partial charge in [-0.05, 0) is 22.9 Å². The molecular weight excluding hydrogens is 281 g/mol. The number of carbonyl (C=O) groups is 1. The van der Waals surface area contributed by atoms with Crippen molar-refractivity contribution in [3.63, 3.8) is 0 Å². The molecule has 0 atom stereocenters. The van der Waals surface area contributed by atoms with Gasteiger partial charge in [0, 0.05) is 19.8 Å². The summed E-state index contributed by atoms with van der Waals surface area (Å²) in [4.78, 5) is 15.6. The van der Waals surface area contributed by atoms with Crippen LogP contribution >= 0.6 is 27.5 Å². The Bertz CT molecular complexity index is 384. The zero-order valence-corrected chi connectivity index (χ0v) is 10.7. The fourth-order valence-electron chi connectivity index (χ4n) is 1.17. The molecule has 1 heterocycles. The monoisotopic (exact) mass is 291 g/mol. The maximum atomic E-state index is 11.7. The molecule has 0 spiro atoms. The summed E-state index contributed by atoms with van der Waals surface area (Å²) in [7, 11) is 1.72. The number of hydrogen-bond acceptors (Lipinski definition) is 3. The number of nitrogens with zero attached hydrogens (tertiary/aromatic N) is 1. The van der Waals surface area contributed by atoms with Gasteiger partial charge in [0.15, 0.2) is 0 Å². The van der Waals surface area contributed by atoms with Crippen LogP contribution in [0.5, 0.6) is 0 Å². The van der Waals surface area contributed by atoms with Crippen molar-refractivity contribution in [1.29, 1.82) is 0 Å². The summed E-state index contributed by atoms with van der Waals surface area (Å²) in [5.74, 6) is -0.236. The van der Waals surface area contributed by atoms with E-state index in [1.807, 2.05) is 6.92 Å². The van der Waals surface area contributed by atoms with E-state index in [2.05, 4.69) is 31.5 Å². The van der Waals surface area contributed by atoms with Gasteiger partial charge in [0.05, 0.1) is 10.2 Å². The molecule has 0 saturated heterocycles. The van der Waals surface area contributed by atoms with Gasteiger partial charge in [-0.3, -0.25) is 4.79 Å². The molecule has 82 valence electrons. The molecular formula is C9H11BrClN3O. The van der Waals surface area contributed by atoms with Crippen molar-refractivity contribution >= 4 is 39.1 Å². The van der Waals surface area contributed by atoms with Gasteiger partial charge in [-0.2, -0.15) is 0 Å². The zero-order chi connectivity index (χ0) is 11.4. The van der Waals surface area contributed by atoms with Gasteiger partial charge in [-0.15, -0.1) is 0 Å². The number of aromatic nitrogens is 1. The smallest absolute Gasteiger partial charge is 0.256 e. The van der Waals surface area contributed by atoms with Crippen molar-refractivity contribution < 1.29 is 4.79 Å². The molecule has 1 aromatic heterocycles. The molecule has 15 heavy (non-hydrogen) atoms. The summed E-state index contributed by atoms with van der Waals surface area (Å²) >= 11 is 9.18. The normalized spacial score (nSPS) is 9.87. The van der Waals surface area contributed by atoms with Gasteiger partial charge in [0.2, 0.25) is 0 Å². The van der Waals surface area contributed by atoms with Gasteiger partial charge in [0.25, 0.3) is 5.91 Å². The van der Waals surface area contributed by atoms with Crippen molar-refractivity contribution in [2.45, 2.75) is 6.92 Å². The number of halogens is 2. The first-order valence-electron chi connectivity index (χ1n) is 4.41. The molecule has 0 aliphatic rings. The number of amides is 1. The highest BCUT2D eigenvalue weighted by Gasteiger charge is 2.17. The van der Waals surface area contributed by atoms with Gasteiger partial charge in [-0.1, -0.05) is 11.6 Å². The first kappa shape index (κ1) is 12.3. The van der Waals surface area contributed by atoms with Crippen LogP contribution in [-0.2, 0) is 0 Å². The van der Waals surface area contributed by atoms with E-state index >= 15 is 0 Å². The number of nitrogens with one attached hydrogen (secondary N) is 2. The van der Waals surface area contributed by atoms with E-state index in [-0.39, 0.29) is 11.1 Å². The largest absolute Gasteiger partial charge is 0.386 e. The number of pyridine rings is 1. The summed E-state index contributed by atoms with van der Waals surface area (Å²) in [5.41, 5.74) is 0.997. The molecule has 1 rings (SSSR count). The van der Waals surface area contributed by atoms with Gasteiger partial charge in [-0.25, -0.2) is 4.98 Å². The van der Waals surface area contributed by atoms with Crippen molar-refractivity contribution in [2.75, 3.05) is 18.9 Å². The second-order valence-corrected chi connectivity index (χ2v) is 3.97. The number of anilines is 1. The molecule has 0 radical (unpaired) electrons. The molecule has 0 bridgehead atoms. The highest BCUT2D eigenvalue weighted by molar-refractivity contribution is 9.10. The average Bonchev–Trinajstić information content (AvgIpc) is 2.21. The number of carbonyl (C=O) groups excluding carboxylic acids is 1. The Morgan fingerprint density at radius 2 is 2.33 bits per heavy atom. The van der Waals surface area contributed by atoms with Crippen LogP contribution in [0.1, 0.15) is 17.3 Å². The Morgan fingerprint density at radius 3 is 2.87 bits per heavy atom. The van der Waals surface area contributed by atoms with Crippen LogP contribution in [0.25, 0.3) is 0 Å². The van der Waals surface area contributed by atoms with E-state index in [4.69, 9.17) is 11.6 Å². The Hall–Kier alpha value is -0.810. The Balaban J connectivity index is 3.24. The van der Waals surface area contributed by atoms with Crippen molar-refractivity contribution in [1.82, 2.24) is 10.3 Å². The zero-order valence-electron chi connectivity index (χ0n) is 8.40. The third kappa shape index (κ3) is 2.60. The maximum Gasteiger partial charge on any atom is 0.256 e. The molecule has 2 N–H and O–H groups in total. The SMILES string of the molecule is CCNC(=O)c1c(Cl)ncc(Br)c1NC. The fraction of sp³-hybridized carbons (Fsp3) is 0.333. The second-order valence-electron chi connectivity index (χ2n) is 2.76. The molecule has 1 aromatic rings. The summed E-state index contributed by atoms with van der Waals surface area (Å²) < 4.78 is 0.704. The van der Waals surface area contributed by atoms with Crippen LogP contribution in [0.2, 0.25) is 5.15 Å². The first-order chi connectivity index (χ1) is 7.11. The Labute approximate surface area is 102 Å². The van der Waals surface area contributed by atoms with E-state index in [1.165, 1.54) is 0 Å². The Morgan fingerprint density at radius 1 is 1.67 bits per heavy atom. The lowest BCUT2D eigenvalue weighted by molar-refractivity contribution is 0.0956. The van der Waals surface area contributed by atoms with E-state index in [1.54, 1.807) is 13.2 Å². The number of hydrogen-bond donors (Lipinski definition) is 2. The minimum atomic E-state index is -0.236. The highest BCUT2D eigenvalue weighted by atomic mass is 79.9. The van der Waals surface area contributed by atoms with Crippen molar-refractivity contribution in [3.05, 3.63) is 21.4 Å². The standard InChI is InChI=1S/C9H11BrClN3O/c1-3-13-9(15)6-7(12-2)5(10)4-14-8(6)11/h4H,3H2,1-2H3,(H,12,14)(H,13,15). The summed E-state index contributed by atoms with van der Waals surface area (Å²) in [5, 5.41) is 5.78. The summed E-state index contributed by atoms with van der Waals surface area (Å²) in [6.45, 7) is 2.39. The van der Waals surface area contributed by atoms with Crippen LogP contribution in [0, 0.1) is 0 Å². The van der Waals surface area contributed by atoms with Crippen molar-refractivity contribution in [3.8, 4) is 0 Å². The van der Waals surface area contributed by atoms with E-state index in [0.29, 0.717) is 22.3 Å². The van der Waals surface area contributed by atoms with E-state index < -0.39 is 0 Å². The molecule has 0 fully saturated rings. The van der Waals surface area contributed by atoms with Crippen LogP contribution in [0.4, 0.5) is 5.69 Å². The third-order valence-corrected chi connectivity index (χ3v) is 2.69. The van der Waals surface area contributed by atoms with Crippen LogP contribution in [-0.4, -0.2) is 24.5 Å². The molecule has 0 aliphatic heterocycles. The quantitative estimate of drug-likeness (QED) is 0.841. The van der Waals surface area contributed by atoms with Gasteiger partial charge < -0.3 is 10.6 Å². The number of rotatable bonds is 3. The maximum absolute atomic E-state index is 11.7. The summed E-state index contributed by atoms with van der Waals surface area (Å²) in [6.07, 6.45) is 1.55. The molecule has 4 nitrogen and oxygen atoms in total. The lowest BCUT2D eigenvalue weighted by atomic mass is 10.2. The first-order valence-corrected chi connectivity index (χ1v) is 5.58. The van der Waals surface area contributed by atoms with Crippen LogP contribution in [0.15, 0.2) is 10.7 Å². The topological polar surface area (TPSA) is 54.0 Å². The molecule has 0 unspecified atom stereocenters. The van der Waals surface area contributed by atoms with Gasteiger partial charge >= 0.3 is 0 Å². The second kappa shape index (κ2) is 5.32. The molecule has 0 aromatic carbocycles. The van der Waals surface area contributed by atoms with Crippen molar-refractivity contribution in [2.24, 2.45) is 0 Å². The minimum Gasteiger partial charge on any atom is -0.386 e. The Kier molecular flexibility index (Phi) is 4.35. The molecule has 6 heteroatoms. The highest BCUT2D eigenvalue weighted by Crippen LogP contribution is 2.29. The van der Waals surface area contributed by atoms with E-state index in [9.17, 15) is 4.79 Å². The van der Waals surface area contributed by atoms with Crippen LogP contribution < -0.4 is 10.6 Å². The van der Waals surface area contributed by atoms with Crippen LogP contribution in [0.3, 0.4) is 0 Å². The molecule has 0 aliphatic carbocycles. The molecule has 1 amide bonds. The fourth-order valence-corrected chi connectivity index (χ4v) is 1.89. The summed E-state index contributed by atoms with van der Waals surface area (Å²) in [6, 6.07) is 0. The predicted molar refractivity (Wildman–Crippen MR) is 64.5 cm³/mol. The molecule has 0 saturated carbocycles. The minimum absolute atomic E-state index is 0.188.